The zero-order chi connectivity index (χ0) is 19.5. The highest BCUT2D eigenvalue weighted by Gasteiger charge is 2.34. The van der Waals surface area contributed by atoms with Gasteiger partial charge in [-0.1, -0.05) is 11.6 Å². The molecular formula is C14H11ClF3N3O4S. The van der Waals surface area contributed by atoms with Crippen molar-refractivity contribution in [2.75, 3.05) is 11.8 Å². The maximum absolute atomic E-state index is 12.5. The van der Waals surface area contributed by atoms with Crippen LogP contribution < -0.4 is 14.8 Å². The number of carbonyl (C=O) groups is 1. The minimum absolute atomic E-state index is 0.0468. The lowest BCUT2D eigenvalue weighted by atomic mass is 10.2. The van der Waals surface area contributed by atoms with Gasteiger partial charge in [0.15, 0.2) is 0 Å². The number of rotatable bonds is 5. The van der Waals surface area contributed by atoms with Gasteiger partial charge in [0, 0.05) is 18.3 Å². The molecule has 12 heteroatoms. The topological polar surface area (TPSA) is 97.4 Å². The molecule has 0 aliphatic carbocycles. The monoisotopic (exact) mass is 409 g/mol. The van der Waals surface area contributed by atoms with E-state index in [-0.39, 0.29) is 16.3 Å². The first kappa shape index (κ1) is 19.8. The van der Waals surface area contributed by atoms with Crippen LogP contribution in [-0.2, 0) is 10.0 Å². The average molecular weight is 410 g/mol. The van der Waals surface area contributed by atoms with Crippen LogP contribution >= 0.6 is 11.6 Å². The van der Waals surface area contributed by atoms with Crippen molar-refractivity contribution in [2.24, 2.45) is 0 Å². The molecule has 2 aromatic rings. The van der Waals surface area contributed by atoms with Crippen LogP contribution in [0.15, 0.2) is 41.6 Å². The van der Waals surface area contributed by atoms with Crippen LogP contribution in [0.2, 0.25) is 5.02 Å². The Morgan fingerprint density at radius 2 is 1.92 bits per heavy atom. The summed E-state index contributed by atoms with van der Waals surface area (Å²) in [7, 11) is -3.15. The van der Waals surface area contributed by atoms with Crippen LogP contribution in [0, 0.1) is 0 Å². The van der Waals surface area contributed by atoms with Crippen molar-refractivity contribution in [3.05, 3.63) is 47.2 Å². The number of pyridine rings is 1. The molecule has 1 amide bonds. The number of nitrogens with one attached hydrogen (secondary N) is 2. The lowest BCUT2D eigenvalue weighted by Gasteiger charge is -2.15. The van der Waals surface area contributed by atoms with Gasteiger partial charge in [-0.2, -0.15) is 0 Å². The molecule has 1 heterocycles. The molecule has 0 saturated heterocycles. The van der Waals surface area contributed by atoms with Gasteiger partial charge >= 0.3 is 6.36 Å². The molecule has 0 spiro atoms. The van der Waals surface area contributed by atoms with Gasteiger partial charge in [-0.05, 0) is 24.3 Å². The van der Waals surface area contributed by atoms with Crippen molar-refractivity contribution >= 4 is 33.2 Å². The molecule has 0 aliphatic rings. The molecule has 26 heavy (non-hydrogen) atoms. The largest absolute Gasteiger partial charge is 0.573 e. The molecule has 0 fully saturated rings. The van der Waals surface area contributed by atoms with Crippen LogP contribution in [0.5, 0.6) is 5.75 Å². The Balaban J connectivity index is 2.42. The molecular weight excluding hydrogens is 399 g/mol. The highest BCUT2D eigenvalue weighted by atomic mass is 35.5. The van der Waals surface area contributed by atoms with E-state index in [2.05, 4.69) is 15.0 Å². The van der Waals surface area contributed by atoms with E-state index in [0.717, 1.165) is 30.5 Å². The summed E-state index contributed by atoms with van der Waals surface area (Å²) in [6.45, 7) is 0. The van der Waals surface area contributed by atoms with E-state index in [9.17, 15) is 26.4 Å². The number of halogens is 4. The summed E-state index contributed by atoms with van der Waals surface area (Å²) in [5.74, 6) is -1.48. The fourth-order valence-corrected chi connectivity index (χ4v) is 3.30. The lowest BCUT2D eigenvalue weighted by Crippen LogP contribution is -2.21. The Labute approximate surface area is 151 Å². The molecule has 7 nitrogen and oxygen atoms in total. The number of sulfonamides is 1. The van der Waals surface area contributed by atoms with E-state index in [0.29, 0.717) is 0 Å². The van der Waals surface area contributed by atoms with Gasteiger partial charge in [-0.3, -0.25) is 14.5 Å². The number of nitrogens with zero attached hydrogens (tertiary/aromatic N) is 1. The summed E-state index contributed by atoms with van der Waals surface area (Å²) in [5.41, 5.74) is -0.0883. The van der Waals surface area contributed by atoms with E-state index in [4.69, 9.17) is 11.6 Å². The predicted molar refractivity (Wildman–Crippen MR) is 86.6 cm³/mol. The third kappa shape index (κ3) is 4.99. The van der Waals surface area contributed by atoms with Crippen molar-refractivity contribution < 1.29 is 31.1 Å². The third-order valence-corrected chi connectivity index (χ3v) is 4.54. The van der Waals surface area contributed by atoms with E-state index >= 15 is 0 Å². The molecule has 0 aliphatic heterocycles. The zero-order valence-electron chi connectivity index (χ0n) is 13.0. The first-order chi connectivity index (χ1) is 12.0. The smallest absolute Gasteiger partial charge is 0.404 e. The van der Waals surface area contributed by atoms with Crippen molar-refractivity contribution in [3.63, 3.8) is 0 Å². The van der Waals surface area contributed by atoms with Gasteiger partial charge in [0.1, 0.15) is 10.6 Å². The van der Waals surface area contributed by atoms with Crippen molar-refractivity contribution in [1.82, 2.24) is 10.3 Å². The van der Waals surface area contributed by atoms with Crippen LogP contribution in [-0.4, -0.2) is 32.7 Å². The number of ether oxygens (including phenoxy) is 1. The highest BCUT2D eigenvalue weighted by Crippen LogP contribution is 2.32. The number of carbonyl (C=O) groups excluding carboxylic acids is 1. The number of aromatic nitrogens is 1. The van der Waals surface area contributed by atoms with E-state index in [1.165, 1.54) is 13.2 Å². The summed E-state index contributed by atoms with van der Waals surface area (Å²) < 4.78 is 68.2. The van der Waals surface area contributed by atoms with E-state index in [1.807, 2.05) is 4.72 Å². The number of hydrogen-bond acceptors (Lipinski definition) is 5. The second kappa shape index (κ2) is 7.38. The highest BCUT2D eigenvalue weighted by molar-refractivity contribution is 7.92. The summed E-state index contributed by atoms with van der Waals surface area (Å²) >= 11 is 5.69. The molecule has 1 aromatic heterocycles. The normalized spacial score (nSPS) is 11.7. The molecule has 0 unspecified atom stereocenters. The number of benzene rings is 1. The molecule has 2 N–H and O–H groups in total. The zero-order valence-corrected chi connectivity index (χ0v) is 14.5. The SMILES string of the molecule is CNC(=O)c1cncc(NS(=O)(=O)c2cc(Cl)ccc2OC(F)(F)F)c1. The molecule has 2 rings (SSSR count). The molecule has 0 bridgehead atoms. The third-order valence-electron chi connectivity index (χ3n) is 2.90. The van der Waals surface area contributed by atoms with Crippen molar-refractivity contribution in [3.8, 4) is 5.75 Å². The summed E-state index contributed by atoms with van der Waals surface area (Å²) in [6, 6.07) is 3.80. The predicted octanol–water partition coefficient (Wildman–Crippen LogP) is 2.79. The van der Waals surface area contributed by atoms with Gasteiger partial charge in [0.2, 0.25) is 0 Å². The van der Waals surface area contributed by atoms with E-state index in [1.54, 1.807) is 0 Å². The van der Waals surface area contributed by atoms with Gasteiger partial charge in [0.25, 0.3) is 15.9 Å². The number of amides is 1. The molecule has 140 valence electrons. The van der Waals surface area contributed by atoms with E-state index < -0.39 is 32.9 Å². The second-order valence-electron chi connectivity index (χ2n) is 4.79. The van der Waals surface area contributed by atoms with Crippen LogP contribution in [0.3, 0.4) is 0 Å². The fourth-order valence-electron chi connectivity index (χ4n) is 1.88. The summed E-state index contributed by atoms with van der Waals surface area (Å²) in [4.78, 5) is 14.4. The van der Waals surface area contributed by atoms with Gasteiger partial charge in [0.05, 0.1) is 17.4 Å². The number of anilines is 1. The fraction of sp³-hybridized carbons (Fsp3) is 0.143. The Morgan fingerprint density at radius 3 is 2.54 bits per heavy atom. The summed E-state index contributed by atoms with van der Waals surface area (Å²) in [6.07, 6.45) is -2.83. The average Bonchev–Trinajstić information content (AvgIpc) is 2.54. The Hall–Kier alpha value is -2.53. The minimum atomic E-state index is -5.10. The van der Waals surface area contributed by atoms with Crippen molar-refractivity contribution in [1.29, 1.82) is 0 Å². The van der Waals surface area contributed by atoms with Crippen LogP contribution in [0.1, 0.15) is 10.4 Å². The Morgan fingerprint density at radius 1 is 1.23 bits per heavy atom. The van der Waals surface area contributed by atoms with Gasteiger partial charge in [-0.15, -0.1) is 13.2 Å². The molecule has 1 aromatic carbocycles. The summed E-state index contributed by atoms with van der Waals surface area (Å²) in [5, 5.41) is 2.21. The van der Waals surface area contributed by atoms with Crippen LogP contribution in [0.4, 0.5) is 18.9 Å². The standard InChI is InChI=1S/C14H11ClF3N3O4S/c1-19-13(22)8-4-10(7-20-6-8)21-26(23,24)12-5-9(15)2-3-11(12)25-14(16,17)18/h2-7,21H,1H3,(H,19,22). The molecule has 0 radical (unpaired) electrons. The first-order valence-electron chi connectivity index (χ1n) is 6.77. The quantitative estimate of drug-likeness (QED) is 0.791. The van der Waals surface area contributed by atoms with Crippen LogP contribution in [0.25, 0.3) is 0 Å². The second-order valence-corrected chi connectivity index (χ2v) is 6.87. The number of alkyl halides is 3. The number of hydrogen-bond donors (Lipinski definition) is 2. The van der Waals surface area contributed by atoms with Gasteiger partial charge < -0.3 is 10.1 Å². The first-order valence-corrected chi connectivity index (χ1v) is 8.63. The Kier molecular flexibility index (Phi) is 5.62. The maximum Gasteiger partial charge on any atom is 0.573 e. The molecule has 0 atom stereocenters. The van der Waals surface area contributed by atoms with Crippen molar-refractivity contribution in [2.45, 2.75) is 11.3 Å². The Bertz CT molecular complexity index is 935. The molecule has 0 saturated carbocycles. The van der Waals surface area contributed by atoms with Gasteiger partial charge in [-0.25, -0.2) is 8.42 Å². The maximum atomic E-state index is 12.5. The minimum Gasteiger partial charge on any atom is -0.404 e. The lowest BCUT2D eigenvalue weighted by molar-refractivity contribution is -0.275.